The molecule has 0 heterocycles. The van der Waals surface area contributed by atoms with E-state index >= 15 is 0 Å². The van der Waals surface area contributed by atoms with Crippen molar-refractivity contribution < 1.29 is 9.53 Å². The van der Waals surface area contributed by atoms with Gasteiger partial charge >= 0.3 is 0 Å². The number of ether oxygens (including phenoxy) is 1. The minimum Gasteiger partial charge on any atom is -0.457 e. The van der Waals surface area contributed by atoms with E-state index in [0.717, 1.165) is 17.1 Å². The monoisotopic (exact) mass is 283 g/mol. The Labute approximate surface area is 126 Å². The lowest BCUT2D eigenvalue weighted by Crippen LogP contribution is -2.19. The smallest absolute Gasteiger partial charge is 0.251 e. The van der Waals surface area contributed by atoms with Crippen LogP contribution in [-0.4, -0.2) is 13.0 Å². The molecule has 1 amide bonds. The molecule has 0 fully saturated rings. The number of benzene rings is 2. The summed E-state index contributed by atoms with van der Waals surface area (Å²) in [4.78, 5) is 11.8. The molecule has 2 aromatic rings. The second-order valence-corrected chi connectivity index (χ2v) is 5.96. The van der Waals surface area contributed by atoms with Crippen molar-refractivity contribution in [1.29, 1.82) is 0 Å². The van der Waals surface area contributed by atoms with E-state index in [1.807, 2.05) is 42.5 Å². The first kappa shape index (κ1) is 15.1. The molecular weight excluding hydrogens is 262 g/mol. The Morgan fingerprint density at radius 2 is 1.71 bits per heavy atom. The summed E-state index contributed by atoms with van der Waals surface area (Å²) in [5, 5.41) is 2.64. The molecule has 0 aromatic heterocycles. The van der Waals surface area contributed by atoms with E-state index in [0.29, 0.717) is 5.56 Å². The number of rotatable bonds is 3. The van der Waals surface area contributed by atoms with E-state index < -0.39 is 0 Å². The van der Waals surface area contributed by atoms with Crippen LogP contribution >= 0.6 is 0 Å². The summed E-state index contributed by atoms with van der Waals surface area (Å²) in [7, 11) is 1.62. The van der Waals surface area contributed by atoms with Gasteiger partial charge < -0.3 is 10.1 Å². The highest BCUT2D eigenvalue weighted by Crippen LogP contribution is 2.34. The molecule has 0 aliphatic rings. The van der Waals surface area contributed by atoms with Gasteiger partial charge in [0.2, 0.25) is 0 Å². The van der Waals surface area contributed by atoms with Crippen molar-refractivity contribution in [1.82, 2.24) is 5.32 Å². The predicted molar refractivity (Wildman–Crippen MR) is 85.0 cm³/mol. The van der Waals surface area contributed by atoms with Gasteiger partial charge in [0.15, 0.2) is 0 Å². The summed E-state index contributed by atoms with van der Waals surface area (Å²) < 4.78 is 5.99. The summed E-state index contributed by atoms with van der Waals surface area (Å²) in [6.07, 6.45) is 0. The fourth-order valence-electron chi connectivity index (χ4n) is 2.13. The summed E-state index contributed by atoms with van der Waals surface area (Å²) in [6, 6.07) is 15.2. The van der Waals surface area contributed by atoms with Crippen molar-refractivity contribution in [2.45, 2.75) is 26.2 Å². The third-order valence-corrected chi connectivity index (χ3v) is 3.25. The van der Waals surface area contributed by atoms with Crippen molar-refractivity contribution in [2.24, 2.45) is 0 Å². The third-order valence-electron chi connectivity index (χ3n) is 3.25. The van der Waals surface area contributed by atoms with Crippen molar-refractivity contribution >= 4 is 5.91 Å². The molecule has 3 heteroatoms. The van der Waals surface area contributed by atoms with Crippen LogP contribution in [0.5, 0.6) is 11.5 Å². The van der Waals surface area contributed by atoms with Crippen molar-refractivity contribution in [2.75, 3.05) is 7.05 Å². The SMILES string of the molecule is CNC(=O)c1ccc(C(C)(C)C)c(Oc2ccccc2)c1. The lowest BCUT2D eigenvalue weighted by Gasteiger charge is -2.23. The Morgan fingerprint density at radius 3 is 2.29 bits per heavy atom. The quantitative estimate of drug-likeness (QED) is 0.919. The maximum absolute atomic E-state index is 11.8. The lowest BCUT2D eigenvalue weighted by molar-refractivity contribution is 0.0962. The average Bonchev–Trinajstić information content (AvgIpc) is 2.46. The van der Waals surface area contributed by atoms with Gasteiger partial charge in [-0.05, 0) is 29.7 Å². The summed E-state index contributed by atoms with van der Waals surface area (Å²) >= 11 is 0. The van der Waals surface area contributed by atoms with Gasteiger partial charge in [-0.25, -0.2) is 0 Å². The van der Waals surface area contributed by atoms with Crippen molar-refractivity contribution in [3.63, 3.8) is 0 Å². The van der Waals surface area contributed by atoms with E-state index in [1.165, 1.54) is 0 Å². The highest BCUT2D eigenvalue weighted by atomic mass is 16.5. The van der Waals surface area contributed by atoms with Gasteiger partial charge in [-0.15, -0.1) is 0 Å². The van der Waals surface area contributed by atoms with Crippen LogP contribution in [0.1, 0.15) is 36.7 Å². The minimum atomic E-state index is -0.117. The number of nitrogens with one attached hydrogen (secondary N) is 1. The Morgan fingerprint density at radius 1 is 1.05 bits per heavy atom. The zero-order chi connectivity index (χ0) is 15.5. The van der Waals surface area contributed by atoms with Crippen LogP contribution in [0.25, 0.3) is 0 Å². The summed E-state index contributed by atoms with van der Waals surface area (Å²) in [5.74, 6) is 1.36. The number of amides is 1. The Hall–Kier alpha value is -2.29. The molecule has 0 atom stereocenters. The highest BCUT2D eigenvalue weighted by Gasteiger charge is 2.20. The molecule has 0 radical (unpaired) electrons. The fourth-order valence-corrected chi connectivity index (χ4v) is 2.13. The fraction of sp³-hybridized carbons (Fsp3) is 0.278. The van der Waals surface area contributed by atoms with E-state index in [2.05, 4.69) is 26.1 Å². The minimum absolute atomic E-state index is 0.0642. The molecule has 1 N–H and O–H groups in total. The van der Waals surface area contributed by atoms with Crippen LogP contribution in [0.2, 0.25) is 0 Å². The van der Waals surface area contributed by atoms with Crippen LogP contribution in [0.4, 0.5) is 0 Å². The molecule has 0 saturated heterocycles. The van der Waals surface area contributed by atoms with Crippen LogP contribution in [0, 0.1) is 0 Å². The molecule has 2 aromatic carbocycles. The van der Waals surface area contributed by atoms with Crippen LogP contribution in [0.15, 0.2) is 48.5 Å². The van der Waals surface area contributed by atoms with Gasteiger partial charge in [-0.2, -0.15) is 0 Å². The maximum atomic E-state index is 11.8. The summed E-state index contributed by atoms with van der Waals surface area (Å²) in [5.41, 5.74) is 1.60. The molecule has 2 rings (SSSR count). The molecule has 0 spiro atoms. The third kappa shape index (κ3) is 3.63. The van der Waals surface area contributed by atoms with Gasteiger partial charge in [0.1, 0.15) is 11.5 Å². The molecule has 0 unspecified atom stereocenters. The highest BCUT2D eigenvalue weighted by molar-refractivity contribution is 5.94. The number of carbonyl (C=O) groups is 1. The number of para-hydroxylation sites is 1. The van der Waals surface area contributed by atoms with E-state index in [1.54, 1.807) is 13.1 Å². The lowest BCUT2D eigenvalue weighted by atomic mass is 9.85. The first-order valence-electron chi connectivity index (χ1n) is 7.01. The second-order valence-electron chi connectivity index (χ2n) is 5.96. The Balaban J connectivity index is 2.46. The standard InChI is InChI=1S/C18H21NO2/c1-18(2,3)15-11-10-13(17(20)19-4)12-16(15)21-14-8-6-5-7-9-14/h5-12H,1-4H3,(H,19,20). The predicted octanol–water partition coefficient (Wildman–Crippen LogP) is 4.14. The molecule has 0 saturated carbocycles. The average molecular weight is 283 g/mol. The molecule has 21 heavy (non-hydrogen) atoms. The second kappa shape index (κ2) is 6.00. The van der Waals surface area contributed by atoms with Gasteiger partial charge in [-0.3, -0.25) is 4.79 Å². The normalized spacial score (nSPS) is 11.0. The van der Waals surface area contributed by atoms with Gasteiger partial charge in [0.05, 0.1) is 0 Å². The molecule has 110 valence electrons. The first-order valence-corrected chi connectivity index (χ1v) is 7.01. The van der Waals surface area contributed by atoms with Crippen LogP contribution in [0.3, 0.4) is 0 Å². The molecular formula is C18H21NO2. The largest absolute Gasteiger partial charge is 0.457 e. The van der Waals surface area contributed by atoms with Crippen molar-refractivity contribution in [3.8, 4) is 11.5 Å². The number of carbonyl (C=O) groups excluding carboxylic acids is 1. The Bertz CT molecular complexity index is 627. The van der Waals surface area contributed by atoms with Crippen molar-refractivity contribution in [3.05, 3.63) is 59.7 Å². The Kier molecular flexibility index (Phi) is 4.32. The number of hydrogen-bond donors (Lipinski definition) is 1. The van der Waals surface area contributed by atoms with Crippen LogP contribution < -0.4 is 10.1 Å². The topological polar surface area (TPSA) is 38.3 Å². The molecule has 0 bridgehead atoms. The van der Waals surface area contributed by atoms with E-state index in [-0.39, 0.29) is 11.3 Å². The number of hydrogen-bond acceptors (Lipinski definition) is 2. The first-order chi connectivity index (χ1) is 9.91. The summed E-state index contributed by atoms with van der Waals surface area (Å²) in [6.45, 7) is 6.37. The van der Waals surface area contributed by atoms with E-state index in [9.17, 15) is 4.79 Å². The molecule has 0 aliphatic carbocycles. The van der Waals surface area contributed by atoms with Gasteiger partial charge in [-0.1, -0.05) is 45.0 Å². The maximum Gasteiger partial charge on any atom is 0.251 e. The molecule has 0 aliphatic heterocycles. The van der Waals surface area contributed by atoms with E-state index in [4.69, 9.17) is 4.74 Å². The molecule has 3 nitrogen and oxygen atoms in total. The zero-order valence-electron chi connectivity index (χ0n) is 12.9. The van der Waals surface area contributed by atoms with Crippen LogP contribution in [-0.2, 0) is 5.41 Å². The zero-order valence-corrected chi connectivity index (χ0v) is 12.9. The van der Waals surface area contributed by atoms with Gasteiger partial charge in [0.25, 0.3) is 5.91 Å². The van der Waals surface area contributed by atoms with Gasteiger partial charge in [0, 0.05) is 18.2 Å².